The Morgan fingerprint density at radius 2 is 1.23 bits per heavy atom. The molecule has 22 heavy (non-hydrogen) atoms. The summed E-state index contributed by atoms with van der Waals surface area (Å²) in [7, 11) is 0. The summed E-state index contributed by atoms with van der Waals surface area (Å²) in [6, 6.07) is 10.2. The molecular weight excluding hydrogens is 320 g/mol. The second-order valence-corrected chi connectivity index (χ2v) is 3.42. The standard InChI is InChI=1S/C14H14O.3CO.Cr/c1-2-7-11-14(10-6-1)15-12-13-8-4-3-5-9-13;3*1-2;/h1-11,14H,12H2;;;;. The van der Waals surface area contributed by atoms with E-state index in [0.29, 0.717) is 6.61 Å². The maximum atomic E-state index is 7.50. The van der Waals surface area contributed by atoms with Crippen molar-refractivity contribution in [1.82, 2.24) is 0 Å². The minimum absolute atomic E-state index is 0. The predicted octanol–water partition coefficient (Wildman–Crippen LogP) is 3.14. The summed E-state index contributed by atoms with van der Waals surface area (Å²) in [6.45, 7) is 14.2. The Morgan fingerprint density at radius 3 is 1.68 bits per heavy atom. The van der Waals surface area contributed by atoms with E-state index in [1.807, 2.05) is 54.7 Å². The molecule has 2 rings (SSSR count). The summed E-state index contributed by atoms with van der Waals surface area (Å²) in [4.78, 5) is 0. The Morgan fingerprint density at radius 1 is 0.773 bits per heavy atom. The van der Waals surface area contributed by atoms with Gasteiger partial charge in [0.05, 0.1) is 12.7 Å². The molecule has 0 aliphatic heterocycles. The largest absolute Gasteiger partial charge is 0 e. The van der Waals surface area contributed by atoms with E-state index in [2.05, 4.69) is 32.1 Å². The molecule has 0 radical (unpaired) electrons. The van der Waals surface area contributed by atoms with Gasteiger partial charge in [-0.1, -0.05) is 66.8 Å². The van der Waals surface area contributed by atoms with Gasteiger partial charge in [-0.2, -0.15) is 0 Å². The average molecular weight is 334 g/mol. The van der Waals surface area contributed by atoms with Crippen molar-refractivity contribution >= 4 is 0 Å². The van der Waals surface area contributed by atoms with Gasteiger partial charge in [-0.3, -0.25) is 0 Å². The van der Waals surface area contributed by atoms with E-state index in [-0.39, 0.29) is 23.5 Å². The van der Waals surface area contributed by atoms with Crippen molar-refractivity contribution in [2.24, 2.45) is 0 Å². The molecule has 4 nitrogen and oxygen atoms in total. The maximum absolute atomic E-state index is 7.50. The fourth-order valence-electron chi connectivity index (χ4n) is 1.42. The number of rotatable bonds is 3. The number of hydrogen-bond acceptors (Lipinski definition) is 1. The Labute approximate surface area is 141 Å². The van der Waals surface area contributed by atoms with Crippen molar-refractivity contribution in [1.29, 1.82) is 0 Å². The van der Waals surface area contributed by atoms with Crippen molar-refractivity contribution < 1.29 is 36.1 Å². The first-order chi connectivity index (χ1) is 10.4. The smallest absolute Gasteiger partial charge is 0 e. The van der Waals surface area contributed by atoms with E-state index in [9.17, 15) is 0 Å². The number of hydrogen-bond donors (Lipinski definition) is 0. The molecule has 1 aliphatic rings. The van der Waals surface area contributed by atoms with Crippen LogP contribution in [0.4, 0.5) is 0 Å². The van der Waals surface area contributed by atoms with Gasteiger partial charge in [-0.15, -0.1) is 0 Å². The molecule has 1 aliphatic carbocycles. The van der Waals surface area contributed by atoms with Gasteiger partial charge in [0.25, 0.3) is 0 Å². The van der Waals surface area contributed by atoms with Gasteiger partial charge in [-0.25, -0.2) is 0 Å². The first kappa shape index (κ1) is 25.1. The molecule has 112 valence electrons. The molecule has 0 bridgehead atoms. The first-order valence-electron chi connectivity index (χ1n) is 5.73. The molecule has 0 saturated heterocycles. The summed E-state index contributed by atoms with van der Waals surface area (Å²) in [5.41, 5.74) is 1.21. The summed E-state index contributed by atoms with van der Waals surface area (Å²) >= 11 is 0. The predicted molar refractivity (Wildman–Crippen MR) is 74.2 cm³/mol. The first-order valence-corrected chi connectivity index (χ1v) is 5.73. The zero-order valence-corrected chi connectivity index (χ0v) is 13.0. The van der Waals surface area contributed by atoms with Gasteiger partial charge < -0.3 is 4.74 Å². The van der Waals surface area contributed by atoms with Gasteiger partial charge >= 0.3 is 33.9 Å². The van der Waals surface area contributed by atoms with Crippen molar-refractivity contribution in [3.8, 4) is 0 Å². The molecule has 1 aromatic carbocycles. The minimum atomic E-state index is 0. The molecule has 0 N–H and O–H groups in total. The Bertz CT molecular complexity index is 468. The Kier molecular flexibility index (Phi) is 24.5. The molecule has 0 spiro atoms. The van der Waals surface area contributed by atoms with Gasteiger partial charge in [0.1, 0.15) is 0 Å². The van der Waals surface area contributed by atoms with Crippen LogP contribution in [0.2, 0.25) is 0 Å². The van der Waals surface area contributed by atoms with Crippen LogP contribution in [0.15, 0.2) is 66.8 Å². The van der Waals surface area contributed by atoms with Gasteiger partial charge in [0.15, 0.2) is 0 Å². The van der Waals surface area contributed by atoms with E-state index in [0.717, 1.165) is 0 Å². The molecule has 0 unspecified atom stereocenters. The van der Waals surface area contributed by atoms with Crippen LogP contribution in [0.1, 0.15) is 5.56 Å². The summed E-state index contributed by atoms with van der Waals surface area (Å²) in [5, 5.41) is 0. The molecule has 1 aromatic rings. The number of benzene rings is 1. The van der Waals surface area contributed by atoms with E-state index in [1.165, 1.54) is 5.56 Å². The SMILES string of the molecule is C1=CC=CC(OCc2ccccc2)C=C1.[C-]#[O+].[C-]#[O+].[C-]#[O+].[Cr]. The summed E-state index contributed by atoms with van der Waals surface area (Å²) < 4.78 is 28.2. The van der Waals surface area contributed by atoms with Crippen LogP contribution < -0.4 is 0 Å². The Hall–Kier alpha value is -1.85. The quantitative estimate of drug-likeness (QED) is 0.618. The van der Waals surface area contributed by atoms with E-state index in [4.69, 9.17) is 18.7 Å². The summed E-state index contributed by atoms with van der Waals surface area (Å²) in [6.07, 6.45) is 12.2. The van der Waals surface area contributed by atoms with Crippen molar-refractivity contribution in [2.45, 2.75) is 12.7 Å². The molecule has 0 amide bonds. The normalized spacial score (nSPS) is 10.8. The van der Waals surface area contributed by atoms with E-state index in [1.54, 1.807) is 0 Å². The fraction of sp³-hybridized carbons (Fsp3) is 0.118. The molecule has 0 heterocycles. The average Bonchev–Trinajstić information content (AvgIpc) is 2.88. The second-order valence-electron chi connectivity index (χ2n) is 3.42. The van der Waals surface area contributed by atoms with Crippen molar-refractivity contribution in [3.05, 3.63) is 92.3 Å². The van der Waals surface area contributed by atoms with Crippen molar-refractivity contribution in [2.75, 3.05) is 0 Å². The third-order valence-electron chi connectivity index (χ3n) is 2.22. The molecule has 5 heteroatoms. The van der Waals surface area contributed by atoms with Crippen LogP contribution in [0.25, 0.3) is 0 Å². The molecule has 0 atom stereocenters. The number of ether oxygens (including phenoxy) is 1. The topological polar surface area (TPSA) is 68.9 Å². The van der Waals surface area contributed by atoms with Gasteiger partial charge in [0.2, 0.25) is 0 Å². The van der Waals surface area contributed by atoms with Gasteiger partial charge in [0, 0.05) is 17.4 Å². The molecule has 0 saturated carbocycles. The van der Waals surface area contributed by atoms with Crippen LogP contribution in [0.3, 0.4) is 0 Å². The Balaban J connectivity index is -0.000000463. The molecule has 0 aromatic heterocycles. The van der Waals surface area contributed by atoms with Crippen molar-refractivity contribution in [3.63, 3.8) is 0 Å². The van der Waals surface area contributed by atoms with Gasteiger partial charge in [-0.05, 0) is 5.56 Å². The zero-order chi connectivity index (χ0) is 16.3. The molecular formula is C17H14CrO4. The van der Waals surface area contributed by atoms with E-state index >= 15 is 0 Å². The molecule has 0 fully saturated rings. The monoisotopic (exact) mass is 334 g/mol. The summed E-state index contributed by atoms with van der Waals surface area (Å²) in [5.74, 6) is 0. The van der Waals surface area contributed by atoms with Crippen LogP contribution in [0, 0.1) is 20.0 Å². The third kappa shape index (κ3) is 13.2. The van der Waals surface area contributed by atoms with Crippen LogP contribution in [0.5, 0.6) is 0 Å². The fourth-order valence-corrected chi connectivity index (χ4v) is 1.42. The minimum Gasteiger partial charge on any atom is 0 e. The zero-order valence-electron chi connectivity index (χ0n) is 11.7. The second kappa shape index (κ2) is 21.5. The van der Waals surface area contributed by atoms with E-state index < -0.39 is 0 Å². The maximum Gasteiger partial charge on any atom is 0 e. The van der Waals surface area contributed by atoms with Crippen LogP contribution in [-0.4, -0.2) is 6.10 Å². The third-order valence-corrected chi connectivity index (χ3v) is 2.22. The van der Waals surface area contributed by atoms with Crippen LogP contribution in [-0.2, 0) is 42.7 Å². The van der Waals surface area contributed by atoms with Crippen LogP contribution >= 0.6 is 0 Å². The number of allylic oxidation sites excluding steroid dienone is 4.